The van der Waals surface area contributed by atoms with Crippen molar-refractivity contribution in [3.63, 3.8) is 0 Å². The fraction of sp³-hybridized carbons (Fsp3) is 0.652. The molecule has 35 heavy (non-hydrogen) atoms. The highest BCUT2D eigenvalue weighted by atomic mass is 19.4. The zero-order valence-corrected chi connectivity index (χ0v) is 19.9. The summed E-state index contributed by atoms with van der Waals surface area (Å²) in [6, 6.07) is 1.79. The highest BCUT2D eigenvalue weighted by molar-refractivity contribution is 5.75. The van der Waals surface area contributed by atoms with Crippen LogP contribution in [0.4, 0.5) is 27.2 Å². The minimum atomic E-state index is -4.94. The normalized spacial score (nSPS) is 20.9. The molecule has 2 N–H and O–H groups in total. The lowest BCUT2D eigenvalue weighted by Gasteiger charge is -2.42. The topological polar surface area (TPSA) is 91.3 Å². The van der Waals surface area contributed by atoms with Crippen LogP contribution < -0.4 is 10.1 Å². The third-order valence-electron chi connectivity index (χ3n) is 5.68. The summed E-state index contributed by atoms with van der Waals surface area (Å²) in [4.78, 5) is 28.8. The zero-order valence-electron chi connectivity index (χ0n) is 19.9. The number of nitrogens with one attached hydrogen (secondary N) is 1. The van der Waals surface area contributed by atoms with Crippen molar-refractivity contribution in [2.45, 2.75) is 70.6 Å². The molecule has 1 aliphatic carbocycles. The van der Waals surface area contributed by atoms with E-state index in [4.69, 9.17) is 4.74 Å². The smallest absolute Gasteiger partial charge is 0.444 e. The van der Waals surface area contributed by atoms with Crippen molar-refractivity contribution in [3.8, 4) is 5.75 Å². The molecule has 0 spiro atoms. The quantitative estimate of drug-likeness (QED) is 0.570. The molecule has 1 saturated carbocycles. The number of benzene rings is 1. The largest absolute Gasteiger partial charge is 0.573 e. The van der Waals surface area contributed by atoms with Gasteiger partial charge in [0.1, 0.15) is 17.2 Å². The molecule has 1 aromatic rings. The summed E-state index contributed by atoms with van der Waals surface area (Å²) in [5, 5.41) is 12.4. The maximum absolute atomic E-state index is 14.3. The van der Waals surface area contributed by atoms with Gasteiger partial charge in [0.2, 0.25) is 0 Å². The highest BCUT2D eigenvalue weighted by Crippen LogP contribution is 2.33. The number of alkyl halides is 3. The Morgan fingerprint density at radius 1 is 1.17 bits per heavy atom. The van der Waals surface area contributed by atoms with E-state index in [1.54, 1.807) is 25.7 Å². The molecule has 2 atom stereocenters. The van der Waals surface area contributed by atoms with Crippen molar-refractivity contribution in [1.29, 1.82) is 0 Å². The number of aliphatic hydroxyl groups is 1. The van der Waals surface area contributed by atoms with Gasteiger partial charge in [0.25, 0.3) is 0 Å². The van der Waals surface area contributed by atoms with E-state index in [1.807, 2.05) is 0 Å². The third-order valence-corrected chi connectivity index (χ3v) is 5.68. The van der Waals surface area contributed by atoms with Crippen LogP contribution in [0.25, 0.3) is 0 Å². The van der Waals surface area contributed by atoms with E-state index in [9.17, 15) is 32.3 Å². The van der Waals surface area contributed by atoms with Crippen LogP contribution in [0, 0.1) is 11.7 Å². The number of likely N-dealkylation sites (tertiary alicyclic amines) is 1. The zero-order chi connectivity index (χ0) is 26.0. The second-order valence-corrected chi connectivity index (χ2v) is 9.92. The van der Waals surface area contributed by atoms with Crippen LogP contribution in [-0.2, 0) is 11.3 Å². The van der Waals surface area contributed by atoms with Crippen molar-refractivity contribution in [1.82, 2.24) is 15.1 Å². The van der Waals surface area contributed by atoms with Gasteiger partial charge in [-0.2, -0.15) is 0 Å². The van der Waals surface area contributed by atoms with Crippen molar-refractivity contribution in [3.05, 3.63) is 29.6 Å². The number of ether oxygens (including phenoxy) is 2. The summed E-state index contributed by atoms with van der Waals surface area (Å²) in [5.41, 5.74) is -0.701. The predicted octanol–water partition coefficient (Wildman–Crippen LogP) is 4.02. The minimum absolute atomic E-state index is 0.00381. The SMILES string of the molecule is CC(C)(C)OC(=O)N1CC(CO)CC(N(C(=O)NCc2ccc(OC(F)(F)F)cc2F)C2CC2)C1. The number of hydrogen-bond donors (Lipinski definition) is 2. The molecule has 1 aromatic carbocycles. The molecule has 3 rings (SSSR count). The van der Waals surface area contributed by atoms with E-state index in [-0.39, 0.29) is 43.3 Å². The Hall–Kier alpha value is -2.76. The molecule has 12 heteroatoms. The van der Waals surface area contributed by atoms with Gasteiger partial charge in [0, 0.05) is 49.8 Å². The Kier molecular flexibility index (Phi) is 8.03. The number of halogens is 4. The molecule has 3 amide bonds. The minimum Gasteiger partial charge on any atom is -0.444 e. The average molecular weight is 506 g/mol. The van der Waals surface area contributed by atoms with Crippen molar-refractivity contribution in [2.75, 3.05) is 19.7 Å². The Bertz CT molecular complexity index is 917. The molecule has 2 aliphatic rings. The van der Waals surface area contributed by atoms with Crippen LogP contribution in [0.3, 0.4) is 0 Å². The number of piperidine rings is 1. The lowest BCUT2D eigenvalue weighted by Crippen LogP contribution is -2.57. The summed E-state index contributed by atoms with van der Waals surface area (Å²) in [6.07, 6.45) is -3.43. The van der Waals surface area contributed by atoms with Crippen molar-refractivity contribution in [2.24, 2.45) is 5.92 Å². The first kappa shape index (κ1) is 26.8. The molecule has 1 saturated heterocycles. The Morgan fingerprint density at radius 2 is 1.86 bits per heavy atom. The molecule has 0 bridgehead atoms. The number of aliphatic hydroxyl groups excluding tert-OH is 1. The van der Waals surface area contributed by atoms with Crippen LogP contribution in [0.1, 0.15) is 45.6 Å². The molecule has 2 unspecified atom stereocenters. The number of carbonyl (C=O) groups excluding carboxylic acids is 2. The molecular formula is C23H31F4N3O5. The first-order chi connectivity index (χ1) is 16.3. The second-order valence-electron chi connectivity index (χ2n) is 9.92. The van der Waals surface area contributed by atoms with Gasteiger partial charge >= 0.3 is 18.5 Å². The standard InChI is InChI=1S/C23H31F4N3O5/c1-22(2,3)35-21(33)29-11-14(13-31)8-17(12-29)30(16-5-6-16)20(32)28-10-15-4-7-18(9-19(15)24)34-23(25,26)27/h4,7,9,14,16-17,31H,5-6,8,10-13H2,1-3H3,(H,28,32). The van der Waals surface area contributed by atoms with E-state index < -0.39 is 35.7 Å². The molecule has 8 nitrogen and oxygen atoms in total. The van der Waals surface area contributed by atoms with E-state index in [0.29, 0.717) is 19.0 Å². The Morgan fingerprint density at radius 3 is 2.40 bits per heavy atom. The number of amides is 3. The van der Waals surface area contributed by atoms with Gasteiger partial charge in [0.15, 0.2) is 0 Å². The average Bonchev–Trinajstić information content (AvgIpc) is 3.55. The number of nitrogens with zero attached hydrogens (tertiary/aromatic N) is 2. The fourth-order valence-corrected chi connectivity index (χ4v) is 4.10. The van der Waals surface area contributed by atoms with Gasteiger partial charge in [-0.3, -0.25) is 0 Å². The number of rotatable bonds is 6. The van der Waals surface area contributed by atoms with Gasteiger partial charge < -0.3 is 29.7 Å². The summed E-state index contributed by atoms with van der Waals surface area (Å²) < 4.78 is 60.4. The number of carbonyl (C=O) groups is 2. The first-order valence-corrected chi connectivity index (χ1v) is 11.4. The molecule has 1 heterocycles. The van der Waals surface area contributed by atoms with Crippen LogP contribution in [-0.4, -0.2) is 70.8 Å². The highest BCUT2D eigenvalue weighted by Gasteiger charge is 2.42. The summed E-state index contributed by atoms with van der Waals surface area (Å²) in [6.45, 7) is 5.38. The summed E-state index contributed by atoms with van der Waals surface area (Å²) >= 11 is 0. The first-order valence-electron chi connectivity index (χ1n) is 11.4. The number of hydrogen-bond acceptors (Lipinski definition) is 5. The van der Waals surface area contributed by atoms with Gasteiger partial charge in [-0.15, -0.1) is 13.2 Å². The van der Waals surface area contributed by atoms with Crippen LogP contribution >= 0.6 is 0 Å². The van der Waals surface area contributed by atoms with Gasteiger partial charge in [-0.1, -0.05) is 6.07 Å². The van der Waals surface area contributed by atoms with Gasteiger partial charge in [-0.05, 0) is 46.1 Å². The van der Waals surface area contributed by atoms with Crippen molar-refractivity contribution >= 4 is 12.1 Å². The molecule has 2 fully saturated rings. The monoisotopic (exact) mass is 505 g/mol. The summed E-state index contributed by atoms with van der Waals surface area (Å²) in [7, 11) is 0. The van der Waals surface area contributed by atoms with Crippen LogP contribution in [0.15, 0.2) is 18.2 Å². The van der Waals surface area contributed by atoms with Gasteiger partial charge in [0.05, 0.1) is 6.04 Å². The predicted molar refractivity (Wildman–Crippen MR) is 117 cm³/mol. The second kappa shape index (κ2) is 10.5. The molecule has 1 aliphatic heterocycles. The van der Waals surface area contributed by atoms with E-state index in [0.717, 1.165) is 25.0 Å². The third kappa shape index (κ3) is 7.87. The Labute approximate surface area is 201 Å². The van der Waals surface area contributed by atoms with E-state index in [2.05, 4.69) is 10.1 Å². The lowest BCUT2D eigenvalue weighted by molar-refractivity contribution is -0.274. The fourth-order valence-electron chi connectivity index (χ4n) is 4.10. The van der Waals surface area contributed by atoms with Gasteiger partial charge in [-0.25, -0.2) is 14.0 Å². The Balaban J connectivity index is 1.67. The van der Waals surface area contributed by atoms with Crippen molar-refractivity contribution < 1.29 is 41.7 Å². The maximum Gasteiger partial charge on any atom is 0.573 e. The van der Waals surface area contributed by atoms with E-state index >= 15 is 0 Å². The lowest BCUT2D eigenvalue weighted by atomic mass is 9.94. The number of urea groups is 1. The van der Waals surface area contributed by atoms with E-state index in [1.165, 1.54) is 4.90 Å². The molecular weight excluding hydrogens is 474 g/mol. The molecule has 196 valence electrons. The van der Waals surface area contributed by atoms with Crippen LogP contribution in [0.5, 0.6) is 5.75 Å². The van der Waals surface area contributed by atoms with Crippen LogP contribution in [0.2, 0.25) is 0 Å². The maximum atomic E-state index is 14.3. The summed E-state index contributed by atoms with van der Waals surface area (Å²) in [5.74, 6) is -1.88. The molecule has 0 radical (unpaired) electrons. The molecule has 0 aromatic heterocycles.